The zero-order chi connectivity index (χ0) is 21.5. The summed E-state index contributed by atoms with van der Waals surface area (Å²) in [5.74, 6) is 1.17. The molecule has 0 fully saturated rings. The number of methoxy groups -OCH3 is 1. The lowest BCUT2D eigenvalue weighted by molar-refractivity contribution is 0.366. The van der Waals surface area contributed by atoms with Crippen LogP contribution in [0.2, 0.25) is 0 Å². The smallest absolute Gasteiger partial charge is 0.278 e. The van der Waals surface area contributed by atoms with Gasteiger partial charge in [-0.2, -0.15) is 4.98 Å². The van der Waals surface area contributed by atoms with Crippen LogP contribution in [0.25, 0.3) is 21.9 Å². The molecule has 5 aromatic rings. The van der Waals surface area contributed by atoms with Crippen molar-refractivity contribution in [1.82, 2.24) is 24.3 Å². The van der Waals surface area contributed by atoms with Crippen LogP contribution in [-0.2, 0) is 13.1 Å². The number of hydrogen-bond donors (Lipinski definition) is 0. The van der Waals surface area contributed by atoms with Crippen LogP contribution in [0.1, 0.15) is 17.3 Å². The van der Waals surface area contributed by atoms with Crippen LogP contribution >= 0.6 is 0 Å². The predicted molar refractivity (Wildman–Crippen MR) is 112 cm³/mol. The van der Waals surface area contributed by atoms with E-state index in [1.807, 2.05) is 22.8 Å². The van der Waals surface area contributed by atoms with E-state index in [1.54, 1.807) is 26.2 Å². The minimum atomic E-state index is -0.311. The van der Waals surface area contributed by atoms with Gasteiger partial charge in [0.15, 0.2) is 5.82 Å². The minimum Gasteiger partial charge on any atom is -0.497 e. The number of nitrogens with zero attached hydrogens (tertiary/aromatic N) is 5. The van der Waals surface area contributed by atoms with Crippen molar-refractivity contribution in [2.24, 2.45) is 0 Å². The fourth-order valence-electron chi connectivity index (χ4n) is 3.71. The highest BCUT2D eigenvalue weighted by molar-refractivity contribution is 6.06. The van der Waals surface area contributed by atoms with Gasteiger partial charge in [0.05, 0.1) is 19.0 Å². The van der Waals surface area contributed by atoms with Gasteiger partial charge in [0.2, 0.25) is 5.89 Å². The van der Waals surface area contributed by atoms with Gasteiger partial charge < -0.3 is 13.8 Å². The summed E-state index contributed by atoms with van der Waals surface area (Å²) in [5, 5.41) is 4.57. The molecule has 0 unspecified atom stereocenters. The molecule has 0 N–H and O–H groups in total. The molecule has 3 heterocycles. The maximum absolute atomic E-state index is 13.4. The molecule has 0 atom stereocenters. The number of aryl methyl sites for hydroxylation is 1. The highest BCUT2D eigenvalue weighted by Gasteiger charge is 2.18. The van der Waals surface area contributed by atoms with E-state index in [0.29, 0.717) is 35.0 Å². The Morgan fingerprint density at radius 3 is 2.65 bits per heavy atom. The topological polar surface area (TPSA) is 88.0 Å². The van der Waals surface area contributed by atoms with Gasteiger partial charge in [-0.15, -0.1) is 0 Å². The molecule has 5 rings (SSSR count). The van der Waals surface area contributed by atoms with E-state index < -0.39 is 0 Å². The van der Waals surface area contributed by atoms with Gasteiger partial charge in [0.25, 0.3) is 5.56 Å². The Labute approximate surface area is 175 Å². The summed E-state index contributed by atoms with van der Waals surface area (Å²) in [6.45, 7) is 2.21. The third-order valence-electron chi connectivity index (χ3n) is 5.16. The standard InChI is InChI=1S/C22H18FN5O3/c1-13-25-19(31-26-13)11-27-12-24-20-17-9-16(30-2)7-8-18(17)28(21(20)22(27)29)10-14-3-5-15(23)6-4-14/h3-9,12H,10-11H2,1-2H3. The Balaban J connectivity index is 1.73. The summed E-state index contributed by atoms with van der Waals surface area (Å²) in [6, 6.07) is 11.8. The second kappa shape index (κ2) is 7.35. The molecule has 0 aliphatic heterocycles. The number of halogens is 1. The van der Waals surface area contributed by atoms with E-state index in [0.717, 1.165) is 16.5 Å². The molecule has 31 heavy (non-hydrogen) atoms. The molecule has 0 radical (unpaired) electrons. The monoisotopic (exact) mass is 419 g/mol. The molecule has 0 saturated carbocycles. The van der Waals surface area contributed by atoms with Crippen LogP contribution in [0.4, 0.5) is 4.39 Å². The van der Waals surface area contributed by atoms with E-state index in [4.69, 9.17) is 9.26 Å². The Kier molecular flexibility index (Phi) is 4.50. The summed E-state index contributed by atoms with van der Waals surface area (Å²) in [6.07, 6.45) is 1.48. The molecule has 0 aliphatic rings. The van der Waals surface area contributed by atoms with Crippen molar-refractivity contribution in [2.75, 3.05) is 7.11 Å². The highest BCUT2D eigenvalue weighted by atomic mass is 19.1. The van der Waals surface area contributed by atoms with Crippen LogP contribution in [0.5, 0.6) is 5.75 Å². The van der Waals surface area contributed by atoms with Gasteiger partial charge >= 0.3 is 0 Å². The zero-order valence-corrected chi connectivity index (χ0v) is 16.9. The number of benzene rings is 2. The third kappa shape index (κ3) is 3.33. The lowest BCUT2D eigenvalue weighted by Gasteiger charge is -2.09. The molecule has 0 amide bonds. The van der Waals surface area contributed by atoms with Gasteiger partial charge in [0.1, 0.15) is 29.1 Å². The predicted octanol–water partition coefficient (Wildman–Crippen LogP) is 3.29. The van der Waals surface area contributed by atoms with E-state index in [9.17, 15) is 9.18 Å². The molecule has 156 valence electrons. The third-order valence-corrected chi connectivity index (χ3v) is 5.16. The molecule has 0 bridgehead atoms. The number of hydrogen-bond acceptors (Lipinski definition) is 6. The van der Waals surface area contributed by atoms with Crippen LogP contribution in [-0.4, -0.2) is 31.4 Å². The number of ether oxygens (including phenoxy) is 1. The van der Waals surface area contributed by atoms with Gasteiger partial charge in [-0.05, 0) is 42.8 Å². The Morgan fingerprint density at radius 1 is 1.13 bits per heavy atom. The molecule has 8 nitrogen and oxygen atoms in total. The number of rotatable bonds is 5. The van der Waals surface area contributed by atoms with Gasteiger partial charge in [0, 0.05) is 11.9 Å². The van der Waals surface area contributed by atoms with Gasteiger partial charge in [-0.25, -0.2) is 9.37 Å². The van der Waals surface area contributed by atoms with Crippen molar-refractivity contribution in [2.45, 2.75) is 20.0 Å². The molecular formula is C22H18FN5O3. The fourth-order valence-corrected chi connectivity index (χ4v) is 3.71. The van der Waals surface area contributed by atoms with Gasteiger partial charge in [-0.1, -0.05) is 17.3 Å². The van der Waals surface area contributed by atoms with E-state index in [2.05, 4.69) is 15.1 Å². The largest absolute Gasteiger partial charge is 0.497 e. The molecule has 3 aromatic heterocycles. The maximum atomic E-state index is 13.4. The number of fused-ring (bicyclic) bond motifs is 3. The Morgan fingerprint density at radius 2 is 1.94 bits per heavy atom. The van der Waals surface area contributed by atoms with Crippen molar-refractivity contribution >= 4 is 21.9 Å². The fraction of sp³-hybridized carbons (Fsp3) is 0.182. The van der Waals surface area contributed by atoms with E-state index >= 15 is 0 Å². The highest BCUT2D eigenvalue weighted by Crippen LogP contribution is 2.29. The van der Waals surface area contributed by atoms with Crippen LogP contribution in [0.3, 0.4) is 0 Å². The SMILES string of the molecule is COc1ccc2c(c1)c1ncn(Cc3nc(C)no3)c(=O)c1n2Cc1ccc(F)cc1. The van der Waals surface area contributed by atoms with Crippen molar-refractivity contribution in [3.05, 3.63) is 82.2 Å². The van der Waals surface area contributed by atoms with Crippen molar-refractivity contribution < 1.29 is 13.7 Å². The molecule has 2 aromatic carbocycles. The summed E-state index contributed by atoms with van der Waals surface area (Å²) in [4.78, 5) is 22.2. The van der Waals surface area contributed by atoms with Crippen molar-refractivity contribution in [3.8, 4) is 5.75 Å². The summed E-state index contributed by atoms with van der Waals surface area (Å²) >= 11 is 0. The molecular weight excluding hydrogens is 401 g/mol. The Bertz CT molecular complexity index is 1470. The van der Waals surface area contributed by atoms with E-state index in [-0.39, 0.29) is 17.9 Å². The second-order valence-electron chi connectivity index (χ2n) is 7.21. The van der Waals surface area contributed by atoms with Gasteiger partial charge in [-0.3, -0.25) is 9.36 Å². The summed E-state index contributed by atoms with van der Waals surface area (Å²) < 4.78 is 27.2. The van der Waals surface area contributed by atoms with E-state index in [1.165, 1.54) is 23.0 Å². The first-order valence-corrected chi connectivity index (χ1v) is 9.62. The lowest BCUT2D eigenvalue weighted by atomic mass is 10.2. The molecule has 0 spiro atoms. The summed E-state index contributed by atoms with van der Waals surface area (Å²) in [5.41, 5.74) is 2.46. The quantitative estimate of drug-likeness (QED) is 0.434. The first kappa shape index (κ1) is 19.0. The minimum absolute atomic E-state index is 0.115. The zero-order valence-electron chi connectivity index (χ0n) is 16.9. The second-order valence-corrected chi connectivity index (χ2v) is 7.21. The molecule has 9 heteroatoms. The maximum Gasteiger partial charge on any atom is 0.278 e. The van der Waals surface area contributed by atoms with Crippen molar-refractivity contribution in [3.63, 3.8) is 0 Å². The summed E-state index contributed by atoms with van der Waals surface area (Å²) in [7, 11) is 1.59. The average Bonchev–Trinajstić information content (AvgIpc) is 3.32. The number of aromatic nitrogens is 5. The molecule has 0 aliphatic carbocycles. The van der Waals surface area contributed by atoms with Crippen LogP contribution in [0, 0.1) is 12.7 Å². The molecule has 0 saturated heterocycles. The average molecular weight is 419 g/mol. The normalized spacial score (nSPS) is 11.5. The Hall–Kier alpha value is -4.01. The first-order chi connectivity index (χ1) is 15.0. The lowest BCUT2D eigenvalue weighted by Crippen LogP contribution is -2.23. The van der Waals surface area contributed by atoms with Crippen LogP contribution in [0.15, 0.2) is 58.1 Å². The van der Waals surface area contributed by atoms with Crippen molar-refractivity contribution in [1.29, 1.82) is 0 Å². The van der Waals surface area contributed by atoms with Crippen LogP contribution < -0.4 is 10.3 Å². The first-order valence-electron chi connectivity index (χ1n) is 9.62.